The Bertz CT molecular complexity index is 1140. The summed E-state index contributed by atoms with van der Waals surface area (Å²) in [6.45, 7) is -0.929. The van der Waals surface area contributed by atoms with Crippen LogP contribution in [0.3, 0.4) is 0 Å². The van der Waals surface area contributed by atoms with Crippen LogP contribution in [0.5, 0.6) is 11.5 Å². The van der Waals surface area contributed by atoms with Crippen LogP contribution in [-0.2, 0) is 12.7 Å². The Balaban J connectivity index is 1.75. The van der Waals surface area contributed by atoms with Crippen LogP contribution in [0.15, 0.2) is 60.7 Å². The SMILES string of the molecule is NC(=O)c1cccc(-c2ccc(Oc3ccc(C(F)(F)F)c(CNCCC(F)(F)F)c3)cc2)n1. The van der Waals surface area contributed by atoms with E-state index < -0.39 is 43.3 Å². The third kappa shape index (κ3) is 6.95. The highest BCUT2D eigenvalue weighted by molar-refractivity contribution is 5.91. The number of primary amides is 1. The lowest BCUT2D eigenvalue weighted by molar-refractivity contribution is -0.138. The van der Waals surface area contributed by atoms with Gasteiger partial charge < -0.3 is 15.8 Å². The first kappa shape index (κ1) is 25.0. The van der Waals surface area contributed by atoms with Gasteiger partial charge in [0.1, 0.15) is 17.2 Å². The van der Waals surface area contributed by atoms with E-state index in [1.807, 2.05) is 0 Å². The van der Waals surface area contributed by atoms with E-state index in [-0.39, 0.29) is 17.0 Å². The lowest BCUT2D eigenvalue weighted by Crippen LogP contribution is -2.23. The van der Waals surface area contributed by atoms with E-state index >= 15 is 0 Å². The molecule has 3 rings (SSSR count). The molecule has 0 bridgehead atoms. The van der Waals surface area contributed by atoms with Crippen molar-refractivity contribution in [2.24, 2.45) is 5.73 Å². The Morgan fingerprint density at radius 1 is 0.941 bits per heavy atom. The van der Waals surface area contributed by atoms with Crippen molar-refractivity contribution in [1.82, 2.24) is 10.3 Å². The van der Waals surface area contributed by atoms with E-state index in [1.54, 1.807) is 36.4 Å². The second-order valence-corrected chi connectivity index (χ2v) is 7.26. The number of pyridine rings is 1. The minimum atomic E-state index is -4.67. The van der Waals surface area contributed by atoms with Crippen LogP contribution in [0.1, 0.15) is 28.0 Å². The zero-order valence-corrected chi connectivity index (χ0v) is 17.5. The molecular weight excluding hydrogens is 464 g/mol. The van der Waals surface area contributed by atoms with Gasteiger partial charge in [0.2, 0.25) is 0 Å². The third-order valence-corrected chi connectivity index (χ3v) is 4.67. The first-order valence-electron chi connectivity index (χ1n) is 9.95. The minimum absolute atomic E-state index is 0.0854. The van der Waals surface area contributed by atoms with Gasteiger partial charge in [-0.3, -0.25) is 4.79 Å². The van der Waals surface area contributed by atoms with E-state index in [4.69, 9.17) is 10.5 Å². The van der Waals surface area contributed by atoms with Crippen molar-refractivity contribution < 1.29 is 35.9 Å². The molecule has 11 heteroatoms. The molecule has 0 saturated heterocycles. The molecule has 0 fully saturated rings. The summed E-state index contributed by atoms with van der Waals surface area (Å²) in [6.07, 6.45) is -10.2. The van der Waals surface area contributed by atoms with Crippen molar-refractivity contribution in [2.45, 2.75) is 25.3 Å². The number of carbonyl (C=O) groups excluding carboxylic acids is 1. The molecule has 0 aliphatic heterocycles. The summed E-state index contributed by atoms with van der Waals surface area (Å²) in [5, 5.41) is 2.38. The number of hydrogen-bond acceptors (Lipinski definition) is 4. The maximum Gasteiger partial charge on any atom is 0.416 e. The van der Waals surface area contributed by atoms with Gasteiger partial charge in [0.05, 0.1) is 17.7 Å². The van der Waals surface area contributed by atoms with Gasteiger partial charge in [-0.2, -0.15) is 26.3 Å². The van der Waals surface area contributed by atoms with Gasteiger partial charge >= 0.3 is 12.4 Å². The topological polar surface area (TPSA) is 77.2 Å². The van der Waals surface area contributed by atoms with Crippen molar-refractivity contribution in [1.29, 1.82) is 0 Å². The van der Waals surface area contributed by atoms with Crippen LogP contribution in [0.4, 0.5) is 26.3 Å². The molecule has 3 aromatic rings. The van der Waals surface area contributed by atoms with E-state index in [0.717, 1.165) is 18.2 Å². The standard InChI is InChI=1S/C23H19F6N3O2/c24-22(25,26)10-11-31-13-15-12-17(8-9-18(15)23(27,28)29)34-16-6-4-14(5-7-16)19-2-1-3-20(32-19)21(30)33/h1-9,12,31H,10-11,13H2,(H2,30,33). The number of nitrogens with zero attached hydrogens (tertiary/aromatic N) is 1. The minimum Gasteiger partial charge on any atom is -0.457 e. The number of carbonyl (C=O) groups is 1. The number of rotatable bonds is 8. The van der Waals surface area contributed by atoms with Crippen molar-refractivity contribution in [3.63, 3.8) is 0 Å². The van der Waals surface area contributed by atoms with Crippen LogP contribution >= 0.6 is 0 Å². The van der Waals surface area contributed by atoms with Crippen LogP contribution in [0.25, 0.3) is 11.3 Å². The number of alkyl halides is 6. The van der Waals surface area contributed by atoms with Gasteiger partial charge in [-0.25, -0.2) is 4.98 Å². The molecule has 2 aromatic carbocycles. The summed E-state index contributed by atoms with van der Waals surface area (Å²) >= 11 is 0. The van der Waals surface area contributed by atoms with Gasteiger partial charge in [-0.1, -0.05) is 6.07 Å². The van der Waals surface area contributed by atoms with Gasteiger partial charge in [0.25, 0.3) is 5.91 Å². The quantitative estimate of drug-likeness (QED) is 0.318. The first-order chi connectivity index (χ1) is 15.9. The van der Waals surface area contributed by atoms with Crippen LogP contribution < -0.4 is 15.8 Å². The Morgan fingerprint density at radius 3 is 2.24 bits per heavy atom. The van der Waals surface area contributed by atoms with Gasteiger partial charge in [-0.15, -0.1) is 0 Å². The van der Waals surface area contributed by atoms with Crippen molar-refractivity contribution in [3.05, 3.63) is 77.5 Å². The molecule has 1 aromatic heterocycles. The van der Waals surface area contributed by atoms with Crippen LogP contribution in [-0.4, -0.2) is 23.6 Å². The summed E-state index contributed by atoms with van der Waals surface area (Å²) in [5.74, 6) is -0.277. The number of ether oxygens (including phenoxy) is 1. The maximum absolute atomic E-state index is 13.3. The molecule has 1 amide bonds. The summed E-state index contributed by atoms with van der Waals surface area (Å²) < 4.78 is 82.4. The molecule has 5 nitrogen and oxygen atoms in total. The Kier molecular flexibility index (Phi) is 7.45. The predicted octanol–water partition coefficient (Wildman–Crippen LogP) is 5.70. The lowest BCUT2D eigenvalue weighted by atomic mass is 10.1. The summed E-state index contributed by atoms with van der Waals surface area (Å²) in [5.41, 5.74) is 5.27. The summed E-state index contributed by atoms with van der Waals surface area (Å²) in [6, 6.07) is 14.3. The summed E-state index contributed by atoms with van der Waals surface area (Å²) in [4.78, 5) is 15.4. The van der Waals surface area contributed by atoms with Crippen LogP contribution in [0.2, 0.25) is 0 Å². The number of nitrogens with two attached hydrogens (primary N) is 1. The van der Waals surface area contributed by atoms with E-state index in [0.29, 0.717) is 17.0 Å². The third-order valence-electron chi connectivity index (χ3n) is 4.67. The molecule has 1 heterocycles. The normalized spacial score (nSPS) is 11.9. The highest BCUT2D eigenvalue weighted by atomic mass is 19.4. The fourth-order valence-corrected chi connectivity index (χ4v) is 3.07. The molecule has 0 spiro atoms. The Labute approximate surface area is 190 Å². The molecule has 0 radical (unpaired) electrons. The Morgan fingerprint density at radius 2 is 1.62 bits per heavy atom. The van der Waals surface area contributed by atoms with Crippen molar-refractivity contribution in [3.8, 4) is 22.8 Å². The molecule has 180 valence electrons. The fraction of sp³-hybridized carbons (Fsp3) is 0.217. The van der Waals surface area contributed by atoms with E-state index in [1.165, 1.54) is 6.07 Å². The van der Waals surface area contributed by atoms with Gasteiger partial charge in [-0.05, 0) is 60.2 Å². The van der Waals surface area contributed by atoms with Crippen LogP contribution in [0, 0.1) is 0 Å². The number of halogens is 6. The Hall–Kier alpha value is -3.60. The number of nitrogens with one attached hydrogen (secondary N) is 1. The zero-order valence-electron chi connectivity index (χ0n) is 17.5. The molecule has 34 heavy (non-hydrogen) atoms. The average molecular weight is 483 g/mol. The lowest BCUT2D eigenvalue weighted by Gasteiger charge is -2.16. The zero-order chi connectivity index (χ0) is 24.9. The molecule has 0 saturated carbocycles. The smallest absolute Gasteiger partial charge is 0.416 e. The number of benzene rings is 2. The van der Waals surface area contributed by atoms with Crippen molar-refractivity contribution in [2.75, 3.05) is 6.54 Å². The van der Waals surface area contributed by atoms with E-state index in [9.17, 15) is 31.1 Å². The number of aromatic nitrogens is 1. The van der Waals surface area contributed by atoms with E-state index in [2.05, 4.69) is 10.3 Å². The molecule has 3 N–H and O–H groups in total. The first-order valence-corrected chi connectivity index (χ1v) is 9.95. The highest BCUT2D eigenvalue weighted by Crippen LogP contribution is 2.35. The van der Waals surface area contributed by atoms with Crippen molar-refractivity contribution >= 4 is 5.91 Å². The average Bonchev–Trinajstić information content (AvgIpc) is 2.76. The predicted molar refractivity (Wildman–Crippen MR) is 112 cm³/mol. The van der Waals surface area contributed by atoms with Gasteiger partial charge in [0, 0.05) is 18.7 Å². The maximum atomic E-state index is 13.3. The second kappa shape index (κ2) is 10.1. The largest absolute Gasteiger partial charge is 0.457 e. The number of amides is 1. The monoisotopic (exact) mass is 483 g/mol. The highest BCUT2D eigenvalue weighted by Gasteiger charge is 2.33. The number of hydrogen-bond donors (Lipinski definition) is 2. The fourth-order valence-electron chi connectivity index (χ4n) is 3.07. The molecular formula is C23H19F6N3O2. The molecule has 0 aliphatic rings. The molecule has 0 atom stereocenters. The second-order valence-electron chi connectivity index (χ2n) is 7.26. The summed E-state index contributed by atoms with van der Waals surface area (Å²) in [7, 11) is 0. The molecule has 0 aliphatic carbocycles. The van der Waals surface area contributed by atoms with Gasteiger partial charge in [0.15, 0.2) is 0 Å². The molecule has 0 unspecified atom stereocenters.